The lowest BCUT2D eigenvalue weighted by atomic mass is 10.1. The molecular formula is C11H20N2O2. The van der Waals surface area contributed by atoms with E-state index in [-0.39, 0.29) is 11.7 Å². The van der Waals surface area contributed by atoms with Crippen molar-refractivity contribution in [3.05, 3.63) is 0 Å². The summed E-state index contributed by atoms with van der Waals surface area (Å²) in [5.41, 5.74) is -0.180. The average Bonchev–Trinajstić information content (AvgIpc) is 2.68. The molecule has 1 saturated heterocycles. The number of nitrogens with zero attached hydrogens (tertiary/aromatic N) is 1. The first-order valence-electron chi connectivity index (χ1n) is 5.70. The van der Waals surface area contributed by atoms with Crippen molar-refractivity contribution in [1.29, 1.82) is 0 Å². The van der Waals surface area contributed by atoms with Crippen molar-refractivity contribution in [1.82, 2.24) is 5.32 Å². The normalized spacial score (nSPS) is 31.3. The Morgan fingerprint density at radius 3 is 2.87 bits per heavy atom. The van der Waals surface area contributed by atoms with E-state index in [0.717, 1.165) is 18.9 Å². The minimum absolute atomic E-state index is 0.171. The van der Waals surface area contributed by atoms with Gasteiger partial charge in [-0.05, 0) is 40.2 Å². The zero-order valence-corrected chi connectivity index (χ0v) is 9.75. The molecule has 1 N–H and O–H groups in total. The maximum atomic E-state index is 5.69. The summed E-state index contributed by atoms with van der Waals surface area (Å²) in [5.74, 6) is 0.737. The van der Waals surface area contributed by atoms with E-state index in [1.54, 1.807) is 0 Å². The third-order valence-corrected chi connectivity index (χ3v) is 2.64. The summed E-state index contributed by atoms with van der Waals surface area (Å²) in [6.07, 6.45) is 3.39. The van der Waals surface area contributed by atoms with Gasteiger partial charge in [-0.15, -0.1) is 0 Å². The molecule has 2 aliphatic rings. The Hall–Kier alpha value is -0.770. The van der Waals surface area contributed by atoms with Crippen molar-refractivity contribution >= 4 is 5.90 Å². The fraction of sp³-hybridized carbons (Fsp3) is 0.909. The molecule has 15 heavy (non-hydrogen) atoms. The molecule has 2 rings (SSSR count). The number of ether oxygens (including phenoxy) is 1. The van der Waals surface area contributed by atoms with Gasteiger partial charge in [0.1, 0.15) is 5.60 Å². The van der Waals surface area contributed by atoms with E-state index in [1.807, 2.05) is 20.8 Å². The van der Waals surface area contributed by atoms with E-state index < -0.39 is 0 Å². The monoisotopic (exact) mass is 212 g/mol. The maximum Gasteiger partial charge on any atom is 0.230 e. The van der Waals surface area contributed by atoms with Crippen LogP contribution in [0, 0.1) is 0 Å². The van der Waals surface area contributed by atoms with Crippen LogP contribution in [0.2, 0.25) is 0 Å². The Morgan fingerprint density at radius 1 is 1.47 bits per heavy atom. The van der Waals surface area contributed by atoms with Crippen molar-refractivity contribution in [3.63, 3.8) is 0 Å². The number of oxime groups is 1. The summed E-state index contributed by atoms with van der Waals surface area (Å²) in [7, 11) is 0. The number of hydrogen-bond donors (Lipinski definition) is 1. The standard InChI is InChI=1S/C11H20N2O2/c1-11(2,3)14-10-7-9(15-13-10)8-5-4-6-12-8/h8-9,12H,4-7H2,1-3H3/t8-,9+/m0/s1. The SMILES string of the molecule is CC(C)(C)OC1=NO[C@@H]([C@@H]2CCCN2)C1. The molecule has 1 fully saturated rings. The third kappa shape index (κ3) is 2.84. The first-order valence-corrected chi connectivity index (χ1v) is 5.70. The second kappa shape index (κ2) is 4.00. The zero-order valence-electron chi connectivity index (χ0n) is 9.75. The molecule has 0 unspecified atom stereocenters. The molecule has 0 aromatic heterocycles. The molecule has 0 aromatic carbocycles. The predicted octanol–water partition coefficient (Wildman–Crippen LogP) is 1.66. The maximum absolute atomic E-state index is 5.69. The van der Waals surface area contributed by atoms with Crippen LogP contribution in [0.15, 0.2) is 5.16 Å². The van der Waals surface area contributed by atoms with Gasteiger partial charge in [0.25, 0.3) is 0 Å². The average molecular weight is 212 g/mol. The van der Waals surface area contributed by atoms with Gasteiger partial charge < -0.3 is 14.9 Å². The lowest BCUT2D eigenvalue weighted by Gasteiger charge is -2.20. The highest BCUT2D eigenvalue weighted by Gasteiger charge is 2.33. The van der Waals surface area contributed by atoms with Crippen LogP contribution >= 0.6 is 0 Å². The molecule has 2 heterocycles. The van der Waals surface area contributed by atoms with E-state index >= 15 is 0 Å². The molecule has 4 nitrogen and oxygen atoms in total. The molecule has 0 spiro atoms. The van der Waals surface area contributed by atoms with Gasteiger partial charge in [-0.1, -0.05) is 5.16 Å². The van der Waals surface area contributed by atoms with Gasteiger partial charge in [0.05, 0.1) is 6.42 Å². The second-order valence-electron chi connectivity index (χ2n) is 5.25. The molecule has 0 radical (unpaired) electrons. The summed E-state index contributed by atoms with van der Waals surface area (Å²) < 4.78 is 5.69. The van der Waals surface area contributed by atoms with Crippen LogP contribution in [0.25, 0.3) is 0 Å². The minimum atomic E-state index is -0.180. The van der Waals surface area contributed by atoms with Crippen LogP contribution in [0.5, 0.6) is 0 Å². The minimum Gasteiger partial charge on any atom is -0.473 e. The Balaban J connectivity index is 1.82. The number of hydrogen-bond acceptors (Lipinski definition) is 4. The molecule has 0 aromatic rings. The fourth-order valence-electron chi connectivity index (χ4n) is 2.03. The van der Waals surface area contributed by atoms with Crippen LogP contribution in [0.1, 0.15) is 40.0 Å². The largest absolute Gasteiger partial charge is 0.473 e. The van der Waals surface area contributed by atoms with Crippen molar-refractivity contribution in [2.45, 2.75) is 57.8 Å². The Labute approximate surface area is 91.0 Å². The summed E-state index contributed by atoms with van der Waals surface area (Å²) >= 11 is 0. The van der Waals surface area contributed by atoms with Gasteiger partial charge in [-0.25, -0.2) is 0 Å². The first kappa shape index (κ1) is 10.7. The predicted molar refractivity (Wildman–Crippen MR) is 58.8 cm³/mol. The van der Waals surface area contributed by atoms with Crippen molar-refractivity contribution < 1.29 is 9.57 Å². The highest BCUT2D eigenvalue weighted by atomic mass is 16.7. The Bertz CT molecular complexity index is 252. The van der Waals surface area contributed by atoms with Crippen LogP contribution in [0.3, 0.4) is 0 Å². The van der Waals surface area contributed by atoms with E-state index in [1.165, 1.54) is 12.8 Å². The van der Waals surface area contributed by atoms with Crippen molar-refractivity contribution in [3.8, 4) is 0 Å². The molecule has 0 aliphatic carbocycles. The van der Waals surface area contributed by atoms with Crippen LogP contribution in [0.4, 0.5) is 0 Å². The van der Waals surface area contributed by atoms with Crippen molar-refractivity contribution in [2.24, 2.45) is 5.16 Å². The van der Waals surface area contributed by atoms with Gasteiger partial charge >= 0.3 is 0 Å². The third-order valence-electron chi connectivity index (χ3n) is 2.64. The van der Waals surface area contributed by atoms with E-state index in [4.69, 9.17) is 9.57 Å². The first-order chi connectivity index (χ1) is 7.04. The highest BCUT2D eigenvalue weighted by molar-refractivity contribution is 5.77. The van der Waals surface area contributed by atoms with Crippen LogP contribution in [-0.4, -0.2) is 30.2 Å². The summed E-state index contributed by atoms with van der Waals surface area (Å²) in [5, 5.41) is 7.43. The van der Waals surface area contributed by atoms with Gasteiger partial charge in [0.2, 0.25) is 5.90 Å². The quantitative estimate of drug-likeness (QED) is 0.718. The second-order valence-corrected chi connectivity index (χ2v) is 5.25. The summed E-state index contributed by atoms with van der Waals surface area (Å²) in [6.45, 7) is 7.17. The van der Waals surface area contributed by atoms with Gasteiger partial charge in [0.15, 0.2) is 6.10 Å². The lowest BCUT2D eigenvalue weighted by Crippen LogP contribution is -2.35. The van der Waals surface area contributed by atoms with Crippen LogP contribution < -0.4 is 5.32 Å². The molecule has 2 atom stereocenters. The van der Waals surface area contributed by atoms with E-state index in [0.29, 0.717) is 6.04 Å². The van der Waals surface area contributed by atoms with Gasteiger partial charge in [-0.3, -0.25) is 0 Å². The smallest absolute Gasteiger partial charge is 0.230 e. The molecule has 0 saturated carbocycles. The van der Waals surface area contributed by atoms with Gasteiger partial charge in [-0.2, -0.15) is 0 Å². The molecule has 0 bridgehead atoms. The summed E-state index contributed by atoms with van der Waals surface area (Å²) in [6, 6.07) is 0.454. The molecule has 2 aliphatic heterocycles. The fourth-order valence-corrected chi connectivity index (χ4v) is 2.03. The number of rotatable bonds is 1. The highest BCUT2D eigenvalue weighted by Crippen LogP contribution is 2.22. The van der Waals surface area contributed by atoms with E-state index in [9.17, 15) is 0 Å². The van der Waals surface area contributed by atoms with Crippen LogP contribution in [-0.2, 0) is 9.57 Å². The topological polar surface area (TPSA) is 42.9 Å². The van der Waals surface area contributed by atoms with Gasteiger partial charge in [0, 0.05) is 6.04 Å². The van der Waals surface area contributed by atoms with E-state index in [2.05, 4.69) is 10.5 Å². The Morgan fingerprint density at radius 2 is 2.27 bits per heavy atom. The molecule has 0 amide bonds. The van der Waals surface area contributed by atoms with Crippen molar-refractivity contribution in [2.75, 3.05) is 6.54 Å². The molecule has 86 valence electrons. The molecule has 4 heteroatoms. The molecular weight excluding hydrogens is 192 g/mol. The number of nitrogens with one attached hydrogen (secondary N) is 1. The lowest BCUT2D eigenvalue weighted by molar-refractivity contribution is 0.0597. The summed E-state index contributed by atoms with van der Waals surface area (Å²) in [4.78, 5) is 5.40. The Kier molecular flexibility index (Phi) is 2.87. The zero-order chi connectivity index (χ0) is 10.9.